The largest absolute Gasteiger partial charge is 0.278 e. The van der Waals surface area contributed by atoms with Gasteiger partial charge < -0.3 is 0 Å². The van der Waals surface area contributed by atoms with Gasteiger partial charge in [-0.25, -0.2) is 4.98 Å². The van der Waals surface area contributed by atoms with Crippen molar-refractivity contribution in [1.29, 1.82) is 0 Å². The Morgan fingerprint density at radius 3 is 1.51 bits per heavy atom. The molecule has 0 spiro atoms. The van der Waals surface area contributed by atoms with E-state index in [9.17, 15) is 0 Å². The lowest BCUT2D eigenvalue weighted by Crippen LogP contribution is -2.06. The summed E-state index contributed by atoms with van der Waals surface area (Å²) < 4.78 is 2.24. The van der Waals surface area contributed by atoms with E-state index < -0.39 is 0 Å². The van der Waals surface area contributed by atoms with E-state index in [2.05, 4.69) is 211 Å². The van der Waals surface area contributed by atoms with Crippen molar-refractivity contribution in [3.63, 3.8) is 0 Å². The van der Waals surface area contributed by atoms with Gasteiger partial charge in [-0.1, -0.05) is 176 Å². The minimum Gasteiger partial charge on any atom is -0.278 e. The summed E-state index contributed by atoms with van der Waals surface area (Å²) in [7, 11) is 0. The maximum atomic E-state index is 5.36. The summed E-state index contributed by atoms with van der Waals surface area (Å²) in [5.41, 5.74) is 15.4. The maximum Gasteiger partial charge on any atom is 0.238 e. The SMILES string of the molecule is c1ccc(-c2cccc3c2c2ccc4cc2n3-c2nc(-c3ccc(-c5cccc6ccccc56)cc3)nc(n2)-c2cccc(c2)-c2cccc(c2)-c2cccc-4c2)cc1. The highest BCUT2D eigenvalue weighted by Crippen LogP contribution is 2.41. The van der Waals surface area contributed by atoms with E-state index in [1.54, 1.807) is 0 Å². The number of hydrogen-bond acceptors (Lipinski definition) is 3. The Labute approximate surface area is 341 Å². The highest BCUT2D eigenvalue weighted by Gasteiger charge is 2.21. The molecule has 0 amide bonds. The van der Waals surface area contributed by atoms with Gasteiger partial charge in [-0.3, -0.25) is 4.57 Å². The van der Waals surface area contributed by atoms with Crippen LogP contribution in [0, 0.1) is 0 Å². The summed E-state index contributed by atoms with van der Waals surface area (Å²) in [6.45, 7) is 0. The molecule has 274 valence electrons. The Balaban J connectivity index is 1.15. The van der Waals surface area contributed by atoms with Crippen LogP contribution in [0.3, 0.4) is 0 Å². The van der Waals surface area contributed by atoms with E-state index in [0.717, 1.165) is 71.9 Å². The molecular formula is C55H34N4. The summed E-state index contributed by atoms with van der Waals surface area (Å²) in [5.74, 6) is 1.80. The van der Waals surface area contributed by atoms with Gasteiger partial charge in [-0.15, -0.1) is 0 Å². The predicted molar refractivity (Wildman–Crippen MR) is 243 cm³/mol. The van der Waals surface area contributed by atoms with Crippen LogP contribution in [-0.2, 0) is 0 Å². The molecule has 1 aliphatic rings. The fourth-order valence-corrected chi connectivity index (χ4v) is 8.91. The van der Waals surface area contributed by atoms with Gasteiger partial charge in [-0.05, 0) is 96.7 Å². The minimum absolute atomic E-state index is 0.568. The lowest BCUT2D eigenvalue weighted by atomic mass is 9.95. The molecule has 3 heterocycles. The summed E-state index contributed by atoms with van der Waals surface area (Å²) in [6.07, 6.45) is 0. The van der Waals surface area contributed by atoms with Crippen LogP contribution in [0.15, 0.2) is 206 Å². The average molecular weight is 751 g/mol. The van der Waals surface area contributed by atoms with Crippen molar-refractivity contribution in [2.75, 3.05) is 0 Å². The van der Waals surface area contributed by atoms with Gasteiger partial charge in [0.1, 0.15) is 0 Å². The predicted octanol–water partition coefficient (Wildman–Crippen LogP) is 14.1. The summed E-state index contributed by atoms with van der Waals surface area (Å²) in [6, 6.07) is 73.9. The van der Waals surface area contributed by atoms with E-state index in [0.29, 0.717) is 17.6 Å². The molecule has 1 aliphatic heterocycles. The highest BCUT2D eigenvalue weighted by atomic mass is 15.2. The van der Waals surface area contributed by atoms with E-state index in [1.807, 2.05) is 0 Å². The van der Waals surface area contributed by atoms with Gasteiger partial charge in [0.15, 0.2) is 11.6 Å². The smallest absolute Gasteiger partial charge is 0.238 e. The second-order valence-electron chi connectivity index (χ2n) is 15.3. The van der Waals surface area contributed by atoms with Crippen LogP contribution in [0.2, 0.25) is 0 Å². The second kappa shape index (κ2) is 13.3. The number of fused-ring (bicyclic) bond motifs is 18. The molecule has 10 bridgehead atoms. The molecule has 0 fully saturated rings. The monoisotopic (exact) mass is 750 g/mol. The van der Waals surface area contributed by atoms with E-state index >= 15 is 0 Å². The van der Waals surface area contributed by atoms with Crippen molar-refractivity contribution in [3.05, 3.63) is 206 Å². The van der Waals surface area contributed by atoms with Crippen LogP contribution in [0.25, 0.3) is 117 Å². The van der Waals surface area contributed by atoms with Crippen LogP contribution in [0.4, 0.5) is 0 Å². The van der Waals surface area contributed by atoms with E-state index in [-0.39, 0.29) is 0 Å². The van der Waals surface area contributed by atoms with Crippen molar-refractivity contribution >= 4 is 32.6 Å². The molecule has 59 heavy (non-hydrogen) atoms. The molecule has 4 heteroatoms. The third kappa shape index (κ3) is 5.57. The molecule has 11 aromatic rings. The zero-order valence-corrected chi connectivity index (χ0v) is 31.9. The number of hydrogen-bond donors (Lipinski definition) is 0. The van der Waals surface area contributed by atoms with Gasteiger partial charge >= 0.3 is 0 Å². The van der Waals surface area contributed by atoms with Crippen LogP contribution < -0.4 is 0 Å². The molecule has 9 aromatic carbocycles. The van der Waals surface area contributed by atoms with Crippen molar-refractivity contribution in [3.8, 4) is 84.4 Å². The molecule has 0 saturated carbocycles. The summed E-state index contributed by atoms with van der Waals surface area (Å²) >= 11 is 0. The Morgan fingerprint density at radius 2 is 0.780 bits per heavy atom. The lowest BCUT2D eigenvalue weighted by Gasteiger charge is -2.14. The molecule has 12 rings (SSSR count). The number of benzene rings is 9. The lowest BCUT2D eigenvalue weighted by molar-refractivity contribution is 0.953. The first-order valence-electron chi connectivity index (χ1n) is 20.0. The Morgan fingerprint density at radius 1 is 0.288 bits per heavy atom. The Bertz CT molecular complexity index is 3430. The summed E-state index contributed by atoms with van der Waals surface area (Å²) in [5, 5.41) is 4.74. The molecule has 0 atom stereocenters. The van der Waals surface area contributed by atoms with E-state index in [4.69, 9.17) is 15.0 Å². The van der Waals surface area contributed by atoms with Crippen LogP contribution in [0.1, 0.15) is 0 Å². The van der Waals surface area contributed by atoms with Crippen molar-refractivity contribution < 1.29 is 0 Å². The topological polar surface area (TPSA) is 43.6 Å². The highest BCUT2D eigenvalue weighted by molar-refractivity contribution is 6.16. The second-order valence-corrected chi connectivity index (χ2v) is 15.3. The maximum absolute atomic E-state index is 5.36. The molecular weight excluding hydrogens is 717 g/mol. The van der Waals surface area contributed by atoms with Crippen molar-refractivity contribution in [2.45, 2.75) is 0 Å². The zero-order valence-electron chi connectivity index (χ0n) is 31.9. The minimum atomic E-state index is 0.568. The van der Waals surface area contributed by atoms with Gasteiger partial charge in [0.25, 0.3) is 0 Å². The third-order valence-corrected chi connectivity index (χ3v) is 11.8. The van der Waals surface area contributed by atoms with E-state index in [1.165, 1.54) is 27.5 Å². The number of rotatable bonds is 3. The number of nitrogens with zero attached hydrogens (tertiary/aromatic N) is 4. The first-order chi connectivity index (χ1) is 29.2. The Hall–Kier alpha value is -7.95. The molecule has 2 aromatic heterocycles. The zero-order chi connectivity index (χ0) is 38.9. The van der Waals surface area contributed by atoms with Crippen LogP contribution >= 0.6 is 0 Å². The number of aromatic nitrogens is 4. The quantitative estimate of drug-likeness (QED) is 0.181. The molecule has 0 radical (unpaired) electrons. The first kappa shape index (κ1) is 33.2. The van der Waals surface area contributed by atoms with Gasteiger partial charge in [0, 0.05) is 21.9 Å². The molecule has 0 unspecified atom stereocenters. The molecule has 0 N–H and O–H groups in total. The molecule has 4 nitrogen and oxygen atoms in total. The normalized spacial score (nSPS) is 11.7. The van der Waals surface area contributed by atoms with Gasteiger partial charge in [-0.2, -0.15) is 9.97 Å². The van der Waals surface area contributed by atoms with Crippen molar-refractivity contribution in [2.24, 2.45) is 0 Å². The fraction of sp³-hybridized carbons (Fsp3) is 0. The Kier molecular flexibility index (Phi) is 7.50. The summed E-state index contributed by atoms with van der Waals surface area (Å²) in [4.78, 5) is 16.0. The first-order valence-corrected chi connectivity index (χ1v) is 20.0. The van der Waals surface area contributed by atoms with Crippen LogP contribution in [0.5, 0.6) is 0 Å². The third-order valence-electron chi connectivity index (χ3n) is 11.8. The molecule has 0 saturated heterocycles. The van der Waals surface area contributed by atoms with Gasteiger partial charge in [0.05, 0.1) is 11.0 Å². The van der Waals surface area contributed by atoms with Crippen LogP contribution in [-0.4, -0.2) is 19.5 Å². The van der Waals surface area contributed by atoms with Gasteiger partial charge in [0.2, 0.25) is 5.95 Å². The standard InChI is InChI=1S/C55H34N4/c1-2-11-36(12-3-1)48-23-10-24-50-52(48)49-30-29-44-34-51(49)59(50)55-57-53(38-27-25-37(26-28-38)47-22-9-14-35-13-4-5-21-46(35)47)56-54(58-55)45-20-8-19-43(33-45)41-17-6-15-39(31-41)40-16-7-18-42(44)32-40/h1-34H. The van der Waals surface area contributed by atoms with Crippen molar-refractivity contribution in [1.82, 2.24) is 19.5 Å². The fourth-order valence-electron chi connectivity index (χ4n) is 8.91. The molecule has 0 aliphatic carbocycles. The average Bonchev–Trinajstić information content (AvgIpc) is 3.65.